The van der Waals surface area contributed by atoms with Crippen LogP contribution in [0.25, 0.3) is 0 Å². The Bertz CT molecular complexity index is 671. The van der Waals surface area contributed by atoms with E-state index in [2.05, 4.69) is 25.9 Å². The van der Waals surface area contributed by atoms with Gasteiger partial charge >= 0.3 is 0 Å². The molecule has 27 heavy (non-hydrogen) atoms. The molecule has 0 fully saturated rings. The van der Waals surface area contributed by atoms with Gasteiger partial charge in [-0.3, -0.25) is 20.9 Å². The molecule has 0 aliphatic rings. The second kappa shape index (κ2) is 11.8. The van der Waals surface area contributed by atoms with E-state index in [1.165, 1.54) is 0 Å². The molecule has 0 atom stereocenters. The third kappa shape index (κ3) is 8.99. The van der Waals surface area contributed by atoms with Crippen LogP contribution in [0.5, 0.6) is 0 Å². The maximum Gasteiger partial charge on any atom is 0.280 e. The highest BCUT2D eigenvalue weighted by atomic mass is 35.5. The molecule has 0 saturated heterocycles. The van der Waals surface area contributed by atoms with Crippen molar-refractivity contribution in [3.63, 3.8) is 0 Å². The van der Waals surface area contributed by atoms with E-state index in [4.69, 9.17) is 43.4 Å². The van der Waals surface area contributed by atoms with Crippen LogP contribution in [-0.2, 0) is 9.47 Å². The van der Waals surface area contributed by atoms with E-state index in [-0.39, 0.29) is 28.4 Å². The van der Waals surface area contributed by atoms with Crippen LogP contribution in [0.2, 0.25) is 5.15 Å². The number of amidine groups is 1. The topological polar surface area (TPSA) is 197 Å². The minimum absolute atomic E-state index is 0.0823. The number of halogens is 1. The van der Waals surface area contributed by atoms with Crippen LogP contribution in [-0.4, -0.2) is 67.2 Å². The minimum Gasteiger partial charge on any atom is -0.382 e. The molecule has 1 heterocycles. The maximum absolute atomic E-state index is 12.0. The Morgan fingerprint density at radius 2 is 1.63 bits per heavy atom. The van der Waals surface area contributed by atoms with E-state index in [9.17, 15) is 4.79 Å². The standard InChI is InChI=1S/C14H24ClN9O3/c1-8(16)20-2-4-26-6-7-27-5-3-21-14(19)24-13(25)9-11(17)23-12(18)10(15)22-9/h2-7H2,1H3,(H2,16,20)(H4,17,18,23)(H3,19,21,24,25). The molecular weight excluding hydrogens is 378 g/mol. The zero-order valence-corrected chi connectivity index (χ0v) is 15.7. The van der Waals surface area contributed by atoms with E-state index in [1.807, 2.05) is 0 Å². The van der Waals surface area contributed by atoms with Crippen molar-refractivity contribution in [2.24, 2.45) is 0 Å². The Morgan fingerprint density at radius 1 is 1.04 bits per heavy atom. The first kappa shape index (κ1) is 22.3. The second-order valence-corrected chi connectivity index (χ2v) is 5.52. The van der Waals surface area contributed by atoms with Crippen LogP contribution in [0.4, 0.5) is 11.6 Å². The molecule has 0 aliphatic heterocycles. The van der Waals surface area contributed by atoms with Gasteiger partial charge in [0, 0.05) is 13.1 Å². The molecular formula is C14H24ClN9O3. The number of nitrogen functional groups attached to an aromatic ring is 2. The molecule has 9 N–H and O–H groups in total. The van der Waals surface area contributed by atoms with Gasteiger partial charge in [0.15, 0.2) is 28.4 Å². The summed E-state index contributed by atoms with van der Waals surface area (Å²) in [6.45, 7) is 4.14. The van der Waals surface area contributed by atoms with Crippen LogP contribution in [0.3, 0.4) is 0 Å². The van der Waals surface area contributed by atoms with Gasteiger partial charge in [0.05, 0.1) is 32.3 Å². The van der Waals surface area contributed by atoms with Crippen LogP contribution >= 0.6 is 11.6 Å². The minimum atomic E-state index is -0.734. The van der Waals surface area contributed by atoms with Gasteiger partial charge < -0.3 is 31.6 Å². The summed E-state index contributed by atoms with van der Waals surface area (Å²) < 4.78 is 10.6. The lowest BCUT2D eigenvalue weighted by Crippen LogP contribution is -2.42. The summed E-state index contributed by atoms with van der Waals surface area (Å²) in [7, 11) is 0. The van der Waals surface area contributed by atoms with Crippen molar-refractivity contribution < 1.29 is 14.3 Å². The summed E-state index contributed by atoms with van der Waals surface area (Å²) in [5.41, 5.74) is 10.8. The maximum atomic E-state index is 12.0. The predicted molar refractivity (Wildman–Crippen MR) is 102 cm³/mol. The normalized spacial score (nSPS) is 10.3. The van der Waals surface area contributed by atoms with E-state index in [0.717, 1.165) is 0 Å². The van der Waals surface area contributed by atoms with Crippen molar-refractivity contribution in [3.8, 4) is 0 Å². The van der Waals surface area contributed by atoms with Gasteiger partial charge in [-0.25, -0.2) is 9.97 Å². The lowest BCUT2D eigenvalue weighted by Gasteiger charge is -2.11. The molecule has 150 valence electrons. The van der Waals surface area contributed by atoms with Crippen molar-refractivity contribution in [1.29, 1.82) is 10.8 Å². The van der Waals surface area contributed by atoms with Crippen molar-refractivity contribution >= 4 is 40.9 Å². The average molecular weight is 402 g/mol. The third-order valence-electron chi connectivity index (χ3n) is 2.92. The van der Waals surface area contributed by atoms with Crippen LogP contribution < -0.4 is 27.4 Å². The van der Waals surface area contributed by atoms with Crippen molar-refractivity contribution in [3.05, 3.63) is 10.8 Å². The number of anilines is 2. The number of hydrogen-bond acceptors (Lipinski definition) is 9. The number of aromatic nitrogens is 2. The molecule has 0 radical (unpaired) electrons. The van der Waals surface area contributed by atoms with E-state index in [0.29, 0.717) is 45.4 Å². The van der Waals surface area contributed by atoms with Gasteiger partial charge in [-0.05, 0) is 6.92 Å². The number of carbonyl (C=O) groups is 1. The molecule has 0 aromatic carbocycles. The molecule has 0 bridgehead atoms. The fourth-order valence-electron chi connectivity index (χ4n) is 1.71. The first-order valence-corrected chi connectivity index (χ1v) is 8.35. The van der Waals surface area contributed by atoms with Crippen LogP contribution in [0, 0.1) is 10.8 Å². The molecule has 1 aromatic heterocycles. The molecule has 1 aromatic rings. The Balaban J connectivity index is 2.15. The fraction of sp³-hybridized carbons (Fsp3) is 0.500. The Morgan fingerprint density at radius 3 is 2.22 bits per heavy atom. The monoisotopic (exact) mass is 401 g/mol. The van der Waals surface area contributed by atoms with Gasteiger partial charge in [0.2, 0.25) is 0 Å². The van der Waals surface area contributed by atoms with Crippen LogP contribution in [0.1, 0.15) is 17.4 Å². The summed E-state index contributed by atoms with van der Waals surface area (Å²) in [5, 5.41) is 22.4. The number of carbonyl (C=O) groups excluding carboxylic acids is 1. The molecule has 0 aliphatic carbocycles. The van der Waals surface area contributed by atoms with Crippen molar-refractivity contribution in [2.75, 3.05) is 51.0 Å². The van der Waals surface area contributed by atoms with Gasteiger partial charge in [-0.2, -0.15) is 0 Å². The average Bonchev–Trinajstić information content (AvgIpc) is 2.59. The lowest BCUT2D eigenvalue weighted by molar-refractivity contribution is 0.0518. The predicted octanol–water partition coefficient (Wildman–Crippen LogP) is -0.831. The van der Waals surface area contributed by atoms with Gasteiger partial charge in [-0.15, -0.1) is 0 Å². The number of nitrogens with one attached hydrogen (secondary N) is 5. The number of guanidine groups is 1. The second-order valence-electron chi connectivity index (χ2n) is 5.17. The summed E-state index contributed by atoms with van der Waals surface area (Å²) >= 11 is 5.71. The SMILES string of the molecule is CC(=N)NCCOCCOCCNC(=N)NC(=O)c1nc(Cl)c(N)nc1N. The smallest absolute Gasteiger partial charge is 0.280 e. The molecule has 1 amide bonds. The first-order chi connectivity index (χ1) is 12.8. The number of amides is 1. The summed E-state index contributed by atoms with van der Waals surface area (Å²) in [5.74, 6) is -0.855. The quantitative estimate of drug-likeness (QED) is 0.148. The molecule has 0 unspecified atom stereocenters. The molecule has 1 rings (SSSR count). The zero-order valence-electron chi connectivity index (χ0n) is 14.9. The third-order valence-corrected chi connectivity index (χ3v) is 3.19. The zero-order chi connectivity index (χ0) is 20.2. The Hall–Kier alpha value is -2.70. The summed E-state index contributed by atoms with van der Waals surface area (Å²) in [6, 6.07) is 0. The van der Waals surface area contributed by atoms with Crippen molar-refractivity contribution in [2.45, 2.75) is 6.92 Å². The summed E-state index contributed by atoms with van der Waals surface area (Å²) in [6.07, 6.45) is 0. The molecule has 13 heteroatoms. The molecule has 0 spiro atoms. The van der Waals surface area contributed by atoms with Crippen molar-refractivity contribution in [1.82, 2.24) is 25.9 Å². The van der Waals surface area contributed by atoms with Gasteiger partial charge in [0.1, 0.15) is 0 Å². The summed E-state index contributed by atoms with van der Waals surface area (Å²) in [4.78, 5) is 19.4. The van der Waals surface area contributed by atoms with Crippen LogP contribution in [0.15, 0.2) is 0 Å². The highest BCUT2D eigenvalue weighted by Gasteiger charge is 2.16. The highest BCUT2D eigenvalue weighted by molar-refractivity contribution is 6.31. The number of nitrogens with two attached hydrogens (primary N) is 2. The van der Waals surface area contributed by atoms with Gasteiger partial charge in [-0.1, -0.05) is 11.6 Å². The highest BCUT2D eigenvalue weighted by Crippen LogP contribution is 2.16. The van der Waals surface area contributed by atoms with E-state index < -0.39 is 5.91 Å². The number of rotatable bonds is 10. The van der Waals surface area contributed by atoms with E-state index >= 15 is 0 Å². The van der Waals surface area contributed by atoms with Gasteiger partial charge in [0.25, 0.3) is 5.91 Å². The number of ether oxygens (including phenoxy) is 2. The Labute approximate surface area is 161 Å². The largest absolute Gasteiger partial charge is 0.382 e. The molecule has 12 nitrogen and oxygen atoms in total. The first-order valence-electron chi connectivity index (χ1n) is 7.98. The number of hydrogen-bond donors (Lipinski definition) is 7. The Kier molecular flexibility index (Phi) is 9.79. The lowest BCUT2D eigenvalue weighted by atomic mass is 10.4. The number of nitrogens with zero attached hydrogens (tertiary/aromatic N) is 2. The molecule has 0 saturated carbocycles. The fourth-order valence-corrected chi connectivity index (χ4v) is 1.83. The van der Waals surface area contributed by atoms with E-state index in [1.54, 1.807) is 6.92 Å².